The zero-order valence-electron chi connectivity index (χ0n) is 15.9. The molecule has 1 fully saturated rings. The summed E-state index contributed by atoms with van der Waals surface area (Å²) >= 11 is 1.41. The third-order valence-electron chi connectivity index (χ3n) is 4.92. The number of amides is 1. The summed E-state index contributed by atoms with van der Waals surface area (Å²) in [6.07, 6.45) is 5.57. The molecule has 1 amide bonds. The van der Waals surface area contributed by atoms with Gasteiger partial charge in [-0.05, 0) is 38.8 Å². The van der Waals surface area contributed by atoms with E-state index in [2.05, 4.69) is 4.98 Å². The minimum absolute atomic E-state index is 0.0368. The number of thiazole rings is 1. The molecule has 5 nitrogen and oxygen atoms in total. The van der Waals surface area contributed by atoms with Crippen LogP contribution in [0.4, 0.5) is 0 Å². The first-order chi connectivity index (χ1) is 13.1. The summed E-state index contributed by atoms with van der Waals surface area (Å²) in [5.74, 6) is -0.371. The number of aromatic nitrogens is 1. The van der Waals surface area contributed by atoms with Gasteiger partial charge in [-0.15, -0.1) is 11.3 Å². The Balaban J connectivity index is 1.80. The average molecular weight is 387 g/mol. The van der Waals surface area contributed by atoms with Crippen molar-refractivity contribution in [1.82, 2.24) is 9.88 Å². The highest BCUT2D eigenvalue weighted by molar-refractivity contribution is 7.09. The van der Waals surface area contributed by atoms with Crippen LogP contribution in [0.2, 0.25) is 0 Å². The van der Waals surface area contributed by atoms with E-state index in [-0.39, 0.29) is 11.9 Å². The molecule has 1 aliphatic carbocycles. The monoisotopic (exact) mass is 386 g/mol. The molecule has 1 aromatic heterocycles. The second kappa shape index (κ2) is 9.13. The molecule has 0 unspecified atom stereocenters. The number of hydrogen-bond donors (Lipinski definition) is 0. The Kier molecular flexibility index (Phi) is 6.61. The molecule has 1 saturated carbocycles. The van der Waals surface area contributed by atoms with Crippen LogP contribution in [0.25, 0.3) is 0 Å². The first kappa shape index (κ1) is 19.5. The second-order valence-corrected chi connectivity index (χ2v) is 7.88. The molecule has 0 aliphatic heterocycles. The molecular weight excluding hydrogens is 360 g/mol. The standard InChI is InChI=1S/C21H26N2O3S/c1-3-26-21(25)18-14-27-19(22-18)13-23(17-7-5-4-6-8-17)20(24)16-11-9-15(2)10-12-16/h9-12,14,17H,3-8,13H2,1-2H3. The first-order valence-corrected chi connectivity index (χ1v) is 10.5. The number of rotatable bonds is 6. The van der Waals surface area contributed by atoms with Crippen molar-refractivity contribution < 1.29 is 14.3 Å². The van der Waals surface area contributed by atoms with Crippen LogP contribution in [0, 0.1) is 6.92 Å². The Morgan fingerprint density at radius 1 is 1.19 bits per heavy atom. The topological polar surface area (TPSA) is 59.5 Å². The summed E-state index contributed by atoms with van der Waals surface area (Å²) in [6.45, 7) is 4.54. The smallest absolute Gasteiger partial charge is 0.357 e. The summed E-state index contributed by atoms with van der Waals surface area (Å²) in [4.78, 5) is 31.4. The number of ether oxygens (including phenoxy) is 1. The highest BCUT2D eigenvalue weighted by Gasteiger charge is 2.27. The van der Waals surface area contributed by atoms with E-state index >= 15 is 0 Å². The molecule has 6 heteroatoms. The Labute approximate surface area is 164 Å². The molecule has 0 bridgehead atoms. The van der Waals surface area contributed by atoms with Crippen LogP contribution in [-0.2, 0) is 11.3 Å². The van der Waals surface area contributed by atoms with Crippen molar-refractivity contribution in [3.8, 4) is 0 Å². The molecule has 27 heavy (non-hydrogen) atoms. The Hall–Kier alpha value is -2.21. The maximum absolute atomic E-state index is 13.2. The first-order valence-electron chi connectivity index (χ1n) is 9.57. The van der Waals surface area contributed by atoms with Gasteiger partial charge in [0.25, 0.3) is 5.91 Å². The largest absolute Gasteiger partial charge is 0.461 e. The fourth-order valence-corrected chi connectivity index (χ4v) is 4.21. The maximum Gasteiger partial charge on any atom is 0.357 e. The summed E-state index contributed by atoms with van der Waals surface area (Å²) in [5.41, 5.74) is 2.16. The molecule has 0 radical (unpaired) electrons. The Bertz CT molecular complexity index is 779. The molecule has 1 aromatic carbocycles. The number of carbonyl (C=O) groups is 2. The van der Waals surface area contributed by atoms with Gasteiger partial charge in [-0.3, -0.25) is 4.79 Å². The van der Waals surface area contributed by atoms with E-state index in [1.807, 2.05) is 36.1 Å². The van der Waals surface area contributed by atoms with Crippen LogP contribution < -0.4 is 0 Å². The molecule has 0 spiro atoms. The zero-order chi connectivity index (χ0) is 19.2. The minimum atomic E-state index is -0.408. The van der Waals surface area contributed by atoms with E-state index < -0.39 is 5.97 Å². The SMILES string of the molecule is CCOC(=O)c1csc(CN(C(=O)c2ccc(C)cc2)C2CCCCC2)n1. The minimum Gasteiger partial charge on any atom is -0.461 e. The van der Waals surface area contributed by atoms with Crippen molar-refractivity contribution in [2.24, 2.45) is 0 Å². The summed E-state index contributed by atoms with van der Waals surface area (Å²) in [7, 11) is 0. The van der Waals surface area contributed by atoms with Gasteiger partial charge in [-0.25, -0.2) is 9.78 Å². The zero-order valence-corrected chi connectivity index (χ0v) is 16.8. The van der Waals surface area contributed by atoms with E-state index in [4.69, 9.17) is 4.74 Å². The molecule has 0 atom stereocenters. The maximum atomic E-state index is 13.2. The molecule has 0 saturated heterocycles. The van der Waals surface area contributed by atoms with Crippen molar-refractivity contribution in [2.75, 3.05) is 6.61 Å². The Morgan fingerprint density at radius 3 is 2.56 bits per heavy atom. The van der Waals surface area contributed by atoms with Gasteiger partial charge >= 0.3 is 5.97 Å². The predicted octanol–water partition coefficient (Wildman–Crippen LogP) is 4.60. The lowest BCUT2D eigenvalue weighted by Crippen LogP contribution is -2.41. The third-order valence-corrected chi connectivity index (χ3v) is 5.75. The van der Waals surface area contributed by atoms with Crippen LogP contribution in [0.15, 0.2) is 29.6 Å². The second-order valence-electron chi connectivity index (χ2n) is 6.94. The fourth-order valence-electron chi connectivity index (χ4n) is 3.45. The van der Waals surface area contributed by atoms with Crippen LogP contribution in [0.5, 0.6) is 0 Å². The summed E-state index contributed by atoms with van der Waals surface area (Å²) in [6, 6.07) is 7.93. The van der Waals surface area contributed by atoms with Crippen molar-refractivity contribution in [2.45, 2.75) is 58.5 Å². The van der Waals surface area contributed by atoms with Gasteiger partial charge in [0.05, 0.1) is 13.2 Å². The van der Waals surface area contributed by atoms with Gasteiger partial charge in [0.1, 0.15) is 5.01 Å². The van der Waals surface area contributed by atoms with Crippen LogP contribution in [-0.4, -0.2) is 34.4 Å². The van der Waals surface area contributed by atoms with Gasteiger partial charge in [-0.1, -0.05) is 37.0 Å². The fraction of sp³-hybridized carbons (Fsp3) is 0.476. The van der Waals surface area contributed by atoms with Crippen LogP contribution >= 0.6 is 11.3 Å². The lowest BCUT2D eigenvalue weighted by Gasteiger charge is -2.34. The third kappa shape index (κ3) is 4.95. The van der Waals surface area contributed by atoms with Gasteiger partial charge in [-0.2, -0.15) is 0 Å². The van der Waals surface area contributed by atoms with Crippen LogP contribution in [0.3, 0.4) is 0 Å². The van der Waals surface area contributed by atoms with E-state index in [0.717, 1.165) is 36.3 Å². The number of hydrogen-bond acceptors (Lipinski definition) is 5. The highest BCUT2D eigenvalue weighted by atomic mass is 32.1. The van der Waals surface area contributed by atoms with Gasteiger partial charge in [0.2, 0.25) is 0 Å². The summed E-state index contributed by atoms with van der Waals surface area (Å²) < 4.78 is 5.02. The number of esters is 1. The number of aryl methyl sites for hydroxylation is 1. The van der Waals surface area contributed by atoms with E-state index in [9.17, 15) is 9.59 Å². The molecule has 144 valence electrons. The Morgan fingerprint density at radius 2 is 1.89 bits per heavy atom. The average Bonchev–Trinajstić information content (AvgIpc) is 3.16. The molecule has 1 aliphatic rings. The van der Waals surface area contributed by atoms with Gasteiger partial charge < -0.3 is 9.64 Å². The van der Waals surface area contributed by atoms with Gasteiger partial charge in [0.15, 0.2) is 5.69 Å². The molecule has 1 heterocycles. The van der Waals surface area contributed by atoms with Crippen molar-refractivity contribution >= 4 is 23.2 Å². The van der Waals surface area contributed by atoms with E-state index in [1.54, 1.807) is 12.3 Å². The van der Waals surface area contributed by atoms with E-state index in [0.29, 0.717) is 24.4 Å². The summed E-state index contributed by atoms with van der Waals surface area (Å²) in [5, 5.41) is 2.48. The molecule has 0 N–H and O–H groups in total. The predicted molar refractivity (Wildman–Crippen MR) is 106 cm³/mol. The lowest BCUT2D eigenvalue weighted by molar-refractivity contribution is 0.0520. The number of nitrogens with zero attached hydrogens (tertiary/aromatic N) is 2. The normalized spacial score (nSPS) is 14.7. The van der Waals surface area contributed by atoms with Crippen molar-refractivity contribution in [3.63, 3.8) is 0 Å². The van der Waals surface area contributed by atoms with Gasteiger partial charge in [0, 0.05) is 17.0 Å². The quantitative estimate of drug-likeness (QED) is 0.681. The number of benzene rings is 1. The van der Waals surface area contributed by atoms with E-state index in [1.165, 1.54) is 17.8 Å². The van der Waals surface area contributed by atoms with Crippen molar-refractivity contribution in [3.05, 3.63) is 51.5 Å². The lowest BCUT2D eigenvalue weighted by atomic mass is 9.93. The highest BCUT2D eigenvalue weighted by Crippen LogP contribution is 2.26. The van der Waals surface area contributed by atoms with Crippen molar-refractivity contribution in [1.29, 1.82) is 0 Å². The molecule has 2 aromatic rings. The molecule has 3 rings (SSSR count). The van der Waals surface area contributed by atoms with Crippen LogP contribution in [0.1, 0.15) is 70.4 Å². The number of carbonyl (C=O) groups excluding carboxylic acids is 2. The molecular formula is C21H26N2O3S.